The molecule has 1 heterocycles. The van der Waals surface area contributed by atoms with Crippen molar-refractivity contribution in [3.8, 4) is 0 Å². The number of pyridine rings is 1. The minimum atomic E-state index is -0.156. The number of aromatic nitrogens is 1. The molecule has 1 aromatic heterocycles. The molecule has 3 nitrogen and oxygen atoms in total. The summed E-state index contributed by atoms with van der Waals surface area (Å²) in [6.45, 7) is 0. The Bertz CT molecular complexity index is 737. The van der Waals surface area contributed by atoms with Gasteiger partial charge in [-0.15, -0.1) is 0 Å². The first-order valence-corrected chi connectivity index (χ1v) is 7.15. The SMILES string of the molecule is NNC(c1ncccc1Br)c1cccc2ccccc12. The number of fused-ring (bicyclic) bond motifs is 1. The summed E-state index contributed by atoms with van der Waals surface area (Å²) in [5, 5.41) is 2.37. The van der Waals surface area contributed by atoms with Crippen LogP contribution in [0.15, 0.2) is 65.3 Å². The first kappa shape index (κ1) is 13.2. The van der Waals surface area contributed by atoms with E-state index in [1.54, 1.807) is 6.20 Å². The molecule has 100 valence electrons. The maximum Gasteiger partial charge on any atom is 0.0898 e. The summed E-state index contributed by atoms with van der Waals surface area (Å²) < 4.78 is 0.941. The van der Waals surface area contributed by atoms with Crippen molar-refractivity contribution in [2.45, 2.75) is 6.04 Å². The normalized spacial score (nSPS) is 12.5. The topological polar surface area (TPSA) is 50.9 Å². The maximum atomic E-state index is 5.79. The van der Waals surface area contributed by atoms with Gasteiger partial charge in [-0.05, 0) is 44.4 Å². The summed E-state index contributed by atoms with van der Waals surface area (Å²) in [4.78, 5) is 4.44. The molecule has 0 bridgehead atoms. The molecule has 2 aromatic carbocycles. The van der Waals surface area contributed by atoms with E-state index in [4.69, 9.17) is 5.84 Å². The molecule has 3 rings (SSSR count). The van der Waals surface area contributed by atoms with Gasteiger partial charge in [0, 0.05) is 10.7 Å². The summed E-state index contributed by atoms with van der Waals surface area (Å²) in [6, 6.07) is 18.2. The van der Waals surface area contributed by atoms with E-state index in [9.17, 15) is 0 Å². The zero-order chi connectivity index (χ0) is 13.9. The van der Waals surface area contributed by atoms with Gasteiger partial charge in [-0.2, -0.15) is 0 Å². The van der Waals surface area contributed by atoms with Crippen molar-refractivity contribution in [2.24, 2.45) is 5.84 Å². The number of nitrogens with zero attached hydrogens (tertiary/aromatic N) is 1. The summed E-state index contributed by atoms with van der Waals surface area (Å²) in [6.07, 6.45) is 1.77. The monoisotopic (exact) mass is 327 g/mol. The van der Waals surface area contributed by atoms with Gasteiger partial charge in [-0.25, -0.2) is 5.43 Å². The Balaban J connectivity index is 2.20. The third-order valence-corrected chi connectivity index (χ3v) is 4.03. The molecule has 3 N–H and O–H groups in total. The molecule has 3 aromatic rings. The van der Waals surface area contributed by atoms with E-state index in [0.717, 1.165) is 15.7 Å². The second-order valence-electron chi connectivity index (χ2n) is 4.54. The molecule has 0 fully saturated rings. The molecule has 0 saturated carbocycles. The lowest BCUT2D eigenvalue weighted by Crippen LogP contribution is -2.30. The highest BCUT2D eigenvalue weighted by atomic mass is 79.9. The maximum absolute atomic E-state index is 5.79. The van der Waals surface area contributed by atoms with Crippen LogP contribution in [0.4, 0.5) is 0 Å². The van der Waals surface area contributed by atoms with Gasteiger partial charge in [-0.3, -0.25) is 10.8 Å². The Labute approximate surface area is 125 Å². The van der Waals surface area contributed by atoms with E-state index >= 15 is 0 Å². The molecule has 0 aliphatic carbocycles. The average Bonchev–Trinajstić information content (AvgIpc) is 2.50. The molecule has 4 heteroatoms. The van der Waals surface area contributed by atoms with E-state index in [1.807, 2.05) is 30.3 Å². The van der Waals surface area contributed by atoms with Crippen LogP contribution < -0.4 is 11.3 Å². The van der Waals surface area contributed by atoms with Gasteiger partial charge < -0.3 is 0 Å². The van der Waals surface area contributed by atoms with Crippen LogP contribution in [0.3, 0.4) is 0 Å². The fourth-order valence-corrected chi connectivity index (χ4v) is 2.91. The van der Waals surface area contributed by atoms with Crippen LogP contribution >= 0.6 is 15.9 Å². The molecule has 1 atom stereocenters. The van der Waals surface area contributed by atoms with E-state index < -0.39 is 0 Å². The second kappa shape index (κ2) is 5.71. The second-order valence-corrected chi connectivity index (χ2v) is 5.39. The van der Waals surface area contributed by atoms with E-state index in [-0.39, 0.29) is 6.04 Å². The number of hydrogen-bond donors (Lipinski definition) is 2. The van der Waals surface area contributed by atoms with E-state index in [1.165, 1.54) is 10.8 Å². The van der Waals surface area contributed by atoms with Crippen molar-refractivity contribution < 1.29 is 0 Å². The average molecular weight is 328 g/mol. The van der Waals surface area contributed by atoms with Gasteiger partial charge in [-0.1, -0.05) is 42.5 Å². The number of hydrogen-bond acceptors (Lipinski definition) is 3. The van der Waals surface area contributed by atoms with Gasteiger partial charge in [0.05, 0.1) is 11.7 Å². The molecule has 20 heavy (non-hydrogen) atoms. The number of halogens is 1. The quantitative estimate of drug-likeness (QED) is 0.571. The Morgan fingerprint density at radius 2 is 1.80 bits per heavy atom. The van der Waals surface area contributed by atoms with Gasteiger partial charge in [0.2, 0.25) is 0 Å². The van der Waals surface area contributed by atoms with Crippen LogP contribution in [0, 0.1) is 0 Å². The highest BCUT2D eigenvalue weighted by molar-refractivity contribution is 9.10. The molecule has 1 unspecified atom stereocenters. The van der Waals surface area contributed by atoms with Crippen LogP contribution in [0.5, 0.6) is 0 Å². The van der Waals surface area contributed by atoms with Crippen LogP contribution in [0.1, 0.15) is 17.3 Å². The lowest BCUT2D eigenvalue weighted by atomic mass is 9.97. The lowest BCUT2D eigenvalue weighted by molar-refractivity contribution is 0.622. The number of nitrogens with one attached hydrogen (secondary N) is 1. The number of hydrazine groups is 1. The summed E-state index contributed by atoms with van der Waals surface area (Å²) in [7, 11) is 0. The zero-order valence-corrected chi connectivity index (χ0v) is 12.3. The lowest BCUT2D eigenvalue weighted by Gasteiger charge is -2.19. The number of benzene rings is 2. The van der Waals surface area contributed by atoms with Gasteiger partial charge in [0.25, 0.3) is 0 Å². The molecule has 0 saturated heterocycles. The van der Waals surface area contributed by atoms with Gasteiger partial charge in [0.1, 0.15) is 0 Å². The molecule has 0 aliphatic rings. The van der Waals surface area contributed by atoms with Crippen molar-refractivity contribution in [3.63, 3.8) is 0 Å². The Hall–Kier alpha value is -1.75. The minimum Gasteiger partial charge on any atom is -0.271 e. The predicted molar refractivity (Wildman–Crippen MR) is 85.1 cm³/mol. The minimum absolute atomic E-state index is 0.156. The molecular weight excluding hydrogens is 314 g/mol. The zero-order valence-electron chi connectivity index (χ0n) is 10.8. The number of rotatable bonds is 3. The number of nitrogens with two attached hydrogens (primary N) is 1. The van der Waals surface area contributed by atoms with Crippen molar-refractivity contribution in [3.05, 3.63) is 76.5 Å². The molecule has 0 aliphatic heterocycles. The molecule has 0 amide bonds. The summed E-state index contributed by atoms with van der Waals surface area (Å²) in [5.41, 5.74) is 4.87. The summed E-state index contributed by atoms with van der Waals surface area (Å²) in [5.74, 6) is 5.79. The van der Waals surface area contributed by atoms with Crippen LogP contribution in [0.25, 0.3) is 10.8 Å². The van der Waals surface area contributed by atoms with Crippen molar-refractivity contribution in [1.82, 2.24) is 10.4 Å². The van der Waals surface area contributed by atoms with Crippen LogP contribution in [-0.2, 0) is 0 Å². The first-order valence-electron chi connectivity index (χ1n) is 6.35. The van der Waals surface area contributed by atoms with Crippen molar-refractivity contribution in [1.29, 1.82) is 0 Å². The van der Waals surface area contributed by atoms with Crippen molar-refractivity contribution in [2.75, 3.05) is 0 Å². The van der Waals surface area contributed by atoms with E-state index in [2.05, 4.69) is 50.6 Å². The summed E-state index contributed by atoms with van der Waals surface area (Å²) >= 11 is 3.54. The Morgan fingerprint density at radius 3 is 2.60 bits per heavy atom. The first-order chi connectivity index (χ1) is 9.81. The Morgan fingerprint density at radius 1 is 1.00 bits per heavy atom. The largest absolute Gasteiger partial charge is 0.271 e. The highest BCUT2D eigenvalue weighted by Gasteiger charge is 2.18. The fraction of sp³-hybridized carbons (Fsp3) is 0.0625. The van der Waals surface area contributed by atoms with E-state index in [0.29, 0.717) is 0 Å². The molecular formula is C16H14BrN3. The van der Waals surface area contributed by atoms with Crippen molar-refractivity contribution >= 4 is 26.7 Å². The third-order valence-electron chi connectivity index (χ3n) is 3.36. The predicted octanol–water partition coefficient (Wildman–Crippen LogP) is 3.55. The van der Waals surface area contributed by atoms with Crippen LogP contribution in [0.2, 0.25) is 0 Å². The third kappa shape index (κ3) is 2.33. The smallest absolute Gasteiger partial charge is 0.0898 e. The van der Waals surface area contributed by atoms with Crippen LogP contribution in [-0.4, -0.2) is 4.98 Å². The standard InChI is InChI=1S/C16H14BrN3/c17-14-9-4-10-19-16(14)15(20-18)13-8-3-6-11-5-1-2-7-12(11)13/h1-10,15,20H,18H2. The molecule has 0 radical (unpaired) electrons. The molecule has 0 spiro atoms. The highest BCUT2D eigenvalue weighted by Crippen LogP contribution is 2.30. The fourth-order valence-electron chi connectivity index (χ4n) is 2.43. The Kier molecular flexibility index (Phi) is 3.78. The van der Waals surface area contributed by atoms with Gasteiger partial charge >= 0.3 is 0 Å². The van der Waals surface area contributed by atoms with Gasteiger partial charge in [0.15, 0.2) is 0 Å².